The van der Waals surface area contributed by atoms with E-state index in [0.717, 1.165) is 65.9 Å². The lowest BCUT2D eigenvalue weighted by molar-refractivity contribution is -0.936. The predicted octanol–water partition coefficient (Wildman–Crippen LogP) is 6.07. The lowest BCUT2D eigenvalue weighted by atomic mass is 9.86. The predicted molar refractivity (Wildman–Crippen MR) is 191 cm³/mol. The third-order valence-corrected chi connectivity index (χ3v) is 9.47. The number of aryl methyl sites for hydroxylation is 1. The van der Waals surface area contributed by atoms with Gasteiger partial charge < -0.3 is 18.9 Å². The normalized spacial score (nSPS) is 14.3. The first-order chi connectivity index (χ1) is 22.1. The van der Waals surface area contributed by atoms with Crippen molar-refractivity contribution >= 4 is 29.7 Å². The molecule has 0 aliphatic carbocycles. The molecule has 0 radical (unpaired) electrons. The molecule has 2 heterocycles. The van der Waals surface area contributed by atoms with Gasteiger partial charge in [-0.25, -0.2) is 9.98 Å². The van der Waals surface area contributed by atoms with E-state index in [1.54, 1.807) is 14.0 Å². The molecular formula is C38H56N5O4+. The molecule has 9 nitrogen and oxygen atoms in total. The highest BCUT2D eigenvalue weighted by atomic mass is 16.6. The zero-order chi connectivity index (χ0) is 35.2. The van der Waals surface area contributed by atoms with Gasteiger partial charge in [-0.05, 0) is 85.4 Å². The van der Waals surface area contributed by atoms with Crippen molar-refractivity contribution in [3.8, 4) is 0 Å². The molecule has 1 aliphatic heterocycles. The van der Waals surface area contributed by atoms with Gasteiger partial charge in [-0.3, -0.25) is 14.2 Å². The van der Waals surface area contributed by atoms with Crippen molar-refractivity contribution < 1.29 is 18.8 Å². The molecule has 0 saturated heterocycles. The van der Waals surface area contributed by atoms with Crippen LogP contribution in [0.2, 0.25) is 0 Å². The average molecular weight is 647 g/mol. The van der Waals surface area contributed by atoms with Crippen LogP contribution < -0.4 is 21.3 Å². The number of carbonyl (C=O) groups is 1. The maximum atomic E-state index is 13.6. The third-order valence-electron chi connectivity index (χ3n) is 9.47. The Bertz CT molecular complexity index is 1680. The number of aromatic nitrogens is 2. The average Bonchev–Trinajstić information content (AvgIpc) is 2.99. The SMILES string of the molecule is C=C(C)CCC(CC(=C)C)C(OC(C)=O)C(CN1c2cc(C[N+](CC)(CC)CC)c(C)cc2N=c2c1nc(=C)n(C)c2=O)OC(=C)C. The van der Waals surface area contributed by atoms with Gasteiger partial charge in [0.15, 0.2) is 17.3 Å². The van der Waals surface area contributed by atoms with Gasteiger partial charge in [-0.15, -0.1) is 13.2 Å². The number of rotatable bonds is 17. The summed E-state index contributed by atoms with van der Waals surface area (Å²) in [7, 11) is 1.65. The molecule has 1 aromatic heterocycles. The number of carbonyl (C=O) groups excluding carboxylic acids is 1. The van der Waals surface area contributed by atoms with Gasteiger partial charge in [0.2, 0.25) is 0 Å². The van der Waals surface area contributed by atoms with Gasteiger partial charge in [0.1, 0.15) is 18.1 Å². The summed E-state index contributed by atoms with van der Waals surface area (Å²) in [5.74, 6) is 0.382. The van der Waals surface area contributed by atoms with E-state index >= 15 is 0 Å². The molecule has 1 aliphatic rings. The van der Waals surface area contributed by atoms with Crippen LogP contribution in [-0.4, -0.2) is 58.4 Å². The summed E-state index contributed by atoms with van der Waals surface area (Å²) < 4.78 is 14.9. The monoisotopic (exact) mass is 646 g/mol. The molecule has 0 amide bonds. The van der Waals surface area contributed by atoms with Crippen LogP contribution in [0.3, 0.4) is 0 Å². The van der Waals surface area contributed by atoms with Crippen molar-refractivity contribution in [2.24, 2.45) is 18.0 Å². The standard InChI is InChI=1S/C38H56N5O4/c1-14-43(15-2,16-3)23-31-21-33-32(20-27(31)10)40-35-37(39-28(11)41(13)38(35)45)42(33)22-34(46-26(8)9)36(47-29(12)44)30(19-25(6)7)18-17-24(4)5/h20-21,30,34,36H,4,6,8,11,14-19,22-23H2,1-3,5,7,9-10,12-13H3/q+1. The molecule has 0 N–H and O–H groups in total. The highest BCUT2D eigenvalue weighted by Gasteiger charge is 2.38. The molecule has 1 aromatic carbocycles. The van der Waals surface area contributed by atoms with E-state index in [4.69, 9.17) is 19.5 Å². The van der Waals surface area contributed by atoms with Crippen LogP contribution in [0.5, 0.6) is 0 Å². The highest BCUT2D eigenvalue weighted by molar-refractivity contribution is 5.77. The Morgan fingerprint density at radius 3 is 2.17 bits per heavy atom. The number of quaternary nitrogens is 1. The van der Waals surface area contributed by atoms with Gasteiger partial charge in [0, 0.05) is 25.5 Å². The number of ether oxygens (including phenoxy) is 2. The summed E-state index contributed by atoms with van der Waals surface area (Å²) in [5.41, 5.74) is 5.86. The maximum Gasteiger partial charge on any atom is 0.303 e. The molecule has 0 saturated carbocycles. The van der Waals surface area contributed by atoms with E-state index in [-0.39, 0.29) is 23.4 Å². The van der Waals surface area contributed by atoms with E-state index in [2.05, 4.69) is 66.1 Å². The maximum absolute atomic E-state index is 13.6. The number of benzene rings is 1. The van der Waals surface area contributed by atoms with E-state index in [9.17, 15) is 9.59 Å². The minimum absolute atomic E-state index is 0.101. The van der Waals surface area contributed by atoms with Crippen molar-refractivity contribution in [1.29, 1.82) is 0 Å². The van der Waals surface area contributed by atoms with Crippen LogP contribution in [0.1, 0.15) is 78.9 Å². The zero-order valence-corrected chi connectivity index (χ0v) is 30.2. The Hall–Kier alpha value is -3.98. The number of anilines is 2. The fourth-order valence-corrected chi connectivity index (χ4v) is 6.47. The lowest BCUT2D eigenvalue weighted by Crippen LogP contribution is -2.51. The first kappa shape index (κ1) is 37.5. The van der Waals surface area contributed by atoms with E-state index in [0.29, 0.717) is 29.2 Å². The van der Waals surface area contributed by atoms with Crippen molar-refractivity contribution in [3.05, 3.63) is 81.1 Å². The van der Waals surface area contributed by atoms with Crippen LogP contribution >= 0.6 is 0 Å². The molecule has 47 heavy (non-hydrogen) atoms. The van der Waals surface area contributed by atoms with Gasteiger partial charge >= 0.3 is 5.97 Å². The lowest BCUT2D eigenvalue weighted by Gasteiger charge is -2.39. The molecule has 3 unspecified atom stereocenters. The minimum Gasteiger partial charge on any atom is -0.490 e. The summed E-state index contributed by atoms with van der Waals surface area (Å²) in [5, 5.41) is 0.235. The number of allylic oxidation sites excluding steroid dienone is 3. The van der Waals surface area contributed by atoms with Crippen LogP contribution in [0.4, 0.5) is 17.2 Å². The number of nitrogens with zero attached hydrogens (tertiary/aromatic N) is 5. The van der Waals surface area contributed by atoms with Crippen molar-refractivity contribution in [2.75, 3.05) is 31.1 Å². The van der Waals surface area contributed by atoms with Gasteiger partial charge in [-0.1, -0.05) is 24.3 Å². The molecular weight excluding hydrogens is 590 g/mol. The summed E-state index contributed by atoms with van der Waals surface area (Å²) in [6.45, 7) is 36.5. The van der Waals surface area contributed by atoms with Crippen molar-refractivity contribution in [2.45, 2.75) is 93.4 Å². The van der Waals surface area contributed by atoms with Crippen LogP contribution in [-0.2, 0) is 27.9 Å². The first-order valence-corrected chi connectivity index (χ1v) is 16.7. The smallest absolute Gasteiger partial charge is 0.303 e. The number of hydrogen-bond acceptors (Lipinski definition) is 7. The van der Waals surface area contributed by atoms with E-state index in [1.807, 2.05) is 18.7 Å². The highest BCUT2D eigenvalue weighted by Crippen LogP contribution is 2.39. The number of esters is 1. The Morgan fingerprint density at radius 1 is 1.00 bits per heavy atom. The Balaban J connectivity index is 2.31. The summed E-state index contributed by atoms with van der Waals surface area (Å²) in [6, 6.07) is 4.24. The second-order valence-electron chi connectivity index (χ2n) is 13.4. The van der Waals surface area contributed by atoms with Crippen molar-refractivity contribution in [1.82, 2.24) is 9.55 Å². The fourth-order valence-electron chi connectivity index (χ4n) is 6.47. The molecule has 0 fully saturated rings. The third kappa shape index (κ3) is 8.89. The quantitative estimate of drug-likeness (QED) is 0.0898. The number of fused-ring (bicyclic) bond motifs is 2. The van der Waals surface area contributed by atoms with Crippen LogP contribution in [0, 0.1) is 12.8 Å². The molecule has 3 rings (SSSR count). The first-order valence-electron chi connectivity index (χ1n) is 16.7. The Labute approximate surface area is 281 Å². The Morgan fingerprint density at radius 2 is 1.64 bits per heavy atom. The second kappa shape index (κ2) is 15.7. The molecule has 0 spiro atoms. The van der Waals surface area contributed by atoms with Gasteiger partial charge in [0.25, 0.3) is 5.56 Å². The molecule has 2 aromatic rings. The zero-order valence-electron chi connectivity index (χ0n) is 30.2. The summed E-state index contributed by atoms with van der Waals surface area (Å²) >= 11 is 0. The molecule has 0 bridgehead atoms. The van der Waals surface area contributed by atoms with E-state index < -0.39 is 18.2 Å². The summed E-state index contributed by atoms with van der Waals surface area (Å²) in [4.78, 5) is 37.9. The van der Waals surface area contributed by atoms with Gasteiger partial charge in [-0.2, -0.15) is 0 Å². The number of hydrogen-bond donors (Lipinski definition) is 0. The van der Waals surface area contributed by atoms with Crippen molar-refractivity contribution in [3.63, 3.8) is 0 Å². The molecule has 9 heteroatoms. The van der Waals surface area contributed by atoms with Crippen LogP contribution in [0.25, 0.3) is 6.58 Å². The fraction of sp³-hybridized carbons (Fsp3) is 0.526. The Kier molecular flexibility index (Phi) is 12.6. The molecule has 256 valence electrons. The largest absolute Gasteiger partial charge is 0.490 e. The van der Waals surface area contributed by atoms with E-state index in [1.165, 1.54) is 17.1 Å². The van der Waals surface area contributed by atoms with Gasteiger partial charge in [0.05, 0.1) is 43.3 Å². The minimum atomic E-state index is -0.662. The van der Waals surface area contributed by atoms with Crippen LogP contribution in [0.15, 0.2) is 58.6 Å². The molecule has 3 atom stereocenters. The summed E-state index contributed by atoms with van der Waals surface area (Å²) in [6.07, 6.45) is 0.826. The second-order valence-corrected chi connectivity index (χ2v) is 13.4. The topological polar surface area (TPSA) is 86.0 Å².